The summed E-state index contributed by atoms with van der Waals surface area (Å²) < 4.78 is 0. The molecular weight excluding hydrogens is 228 g/mol. The topological polar surface area (TPSA) is 66.0 Å². The number of aromatic nitrogens is 2. The first kappa shape index (κ1) is 11.0. The van der Waals surface area contributed by atoms with Crippen molar-refractivity contribution in [2.24, 2.45) is 0 Å². The molecule has 16 heavy (non-hydrogen) atoms. The van der Waals surface area contributed by atoms with E-state index in [1.54, 1.807) is 18.2 Å². The smallest absolute Gasteiger partial charge is 0.312 e. The number of nitrogens with one attached hydrogen (secondary N) is 1. The molecule has 2 N–H and O–H groups in total. The Bertz CT molecular complexity index is 536. The van der Waals surface area contributed by atoms with Gasteiger partial charge in [0.1, 0.15) is 0 Å². The SMILES string of the molecule is CCC(C(=O)O)c1[nH]nc2ccc(Cl)cc12. The van der Waals surface area contributed by atoms with Gasteiger partial charge in [-0.25, -0.2) is 0 Å². The third kappa shape index (κ3) is 1.76. The number of hydrogen-bond acceptors (Lipinski definition) is 2. The van der Waals surface area contributed by atoms with Crippen molar-refractivity contribution in [2.75, 3.05) is 0 Å². The summed E-state index contributed by atoms with van der Waals surface area (Å²) in [5, 5.41) is 17.3. The molecule has 1 aromatic heterocycles. The zero-order chi connectivity index (χ0) is 11.7. The number of carboxylic acids is 1. The fourth-order valence-corrected chi connectivity index (χ4v) is 1.94. The van der Waals surface area contributed by atoms with Crippen LogP contribution in [0.1, 0.15) is 25.0 Å². The number of aliphatic carboxylic acids is 1. The number of hydrogen-bond donors (Lipinski definition) is 2. The van der Waals surface area contributed by atoms with Crippen LogP contribution in [0.15, 0.2) is 18.2 Å². The molecule has 84 valence electrons. The van der Waals surface area contributed by atoms with Crippen molar-refractivity contribution >= 4 is 28.5 Å². The van der Waals surface area contributed by atoms with Crippen molar-refractivity contribution < 1.29 is 9.90 Å². The molecule has 1 atom stereocenters. The summed E-state index contributed by atoms with van der Waals surface area (Å²) >= 11 is 5.89. The Morgan fingerprint density at radius 1 is 1.62 bits per heavy atom. The Balaban J connectivity index is 2.59. The molecule has 0 saturated carbocycles. The molecular formula is C11H11ClN2O2. The number of aromatic amines is 1. The van der Waals surface area contributed by atoms with Crippen LogP contribution >= 0.6 is 11.6 Å². The molecule has 0 saturated heterocycles. The molecule has 1 aromatic carbocycles. The number of carboxylic acid groups (broad SMARTS) is 1. The van der Waals surface area contributed by atoms with E-state index >= 15 is 0 Å². The molecule has 0 aliphatic rings. The molecule has 5 heteroatoms. The number of H-pyrrole nitrogens is 1. The van der Waals surface area contributed by atoms with Crippen LogP contribution in [0.4, 0.5) is 0 Å². The lowest BCUT2D eigenvalue weighted by Gasteiger charge is -2.07. The van der Waals surface area contributed by atoms with Gasteiger partial charge in [0.2, 0.25) is 0 Å². The van der Waals surface area contributed by atoms with E-state index in [9.17, 15) is 4.79 Å². The maximum Gasteiger partial charge on any atom is 0.312 e. The molecule has 0 radical (unpaired) electrons. The van der Waals surface area contributed by atoms with Gasteiger partial charge in [-0.2, -0.15) is 5.10 Å². The van der Waals surface area contributed by atoms with Gasteiger partial charge >= 0.3 is 5.97 Å². The Labute approximate surface area is 97.2 Å². The lowest BCUT2D eigenvalue weighted by molar-refractivity contribution is -0.138. The Kier molecular flexibility index (Phi) is 2.83. The standard InChI is InChI=1S/C11H11ClN2O2/c1-2-7(11(15)16)10-8-5-6(12)3-4-9(8)13-14-10/h3-5,7H,2H2,1H3,(H,13,14)(H,15,16). The van der Waals surface area contributed by atoms with Gasteiger partial charge in [0.15, 0.2) is 0 Å². The summed E-state index contributed by atoms with van der Waals surface area (Å²) in [6.07, 6.45) is 0.513. The molecule has 4 nitrogen and oxygen atoms in total. The Morgan fingerprint density at radius 3 is 3.00 bits per heavy atom. The molecule has 2 aromatic rings. The fourth-order valence-electron chi connectivity index (χ4n) is 1.77. The minimum atomic E-state index is -0.854. The average Bonchev–Trinajstić information content (AvgIpc) is 2.62. The summed E-state index contributed by atoms with van der Waals surface area (Å²) in [7, 11) is 0. The van der Waals surface area contributed by atoms with Crippen molar-refractivity contribution in [3.8, 4) is 0 Å². The first-order chi connectivity index (χ1) is 7.63. The lowest BCUT2D eigenvalue weighted by Crippen LogP contribution is -2.11. The third-order valence-corrected chi connectivity index (χ3v) is 2.84. The molecule has 0 fully saturated rings. The number of rotatable bonds is 3. The highest BCUT2D eigenvalue weighted by Gasteiger charge is 2.22. The molecule has 0 aliphatic carbocycles. The van der Waals surface area contributed by atoms with Crippen LogP contribution in [-0.2, 0) is 4.79 Å². The highest BCUT2D eigenvalue weighted by atomic mass is 35.5. The van der Waals surface area contributed by atoms with Crippen LogP contribution in [0.2, 0.25) is 5.02 Å². The first-order valence-corrected chi connectivity index (χ1v) is 5.37. The summed E-state index contributed by atoms with van der Waals surface area (Å²) in [5.74, 6) is -1.42. The van der Waals surface area contributed by atoms with E-state index in [-0.39, 0.29) is 0 Å². The van der Waals surface area contributed by atoms with Crippen LogP contribution < -0.4 is 0 Å². The normalized spacial score (nSPS) is 12.9. The average molecular weight is 239 g/mol. The number of benzene rings is 1. The first-order valence-electron chi connectivity index (χ1n) is 4.99. The second kappa shape index (κ2) is 4.14. The minimum Gasteiger partial charge on any atom is -0.481 e. The number of fused-ring (bicyclic) bond motifs is 1. The molecule has 0 aliphatic heterocycles. The van der Waals surface area contributed by atoms with E-state index in [0.29, 0.717) is 17.1 Å². The van der Waals surface area contributed by atoms with Crippen LogP contribution in [0.3, 0.4) is 0 Å². The van der Waals surface area contributed by atoms with Gasteiger partial charge in [0, 0.05) is 10.4 Å². The van der Waals surface area contributed by atoms with Gasteiger partial charge in [-0.3, -0.25) is 9.89 Å². The molecule has 0 bridgehead atoms. The number of carbonyl (C=O) groups is 1. The maximum atomic E-state index is 11.1. The maximum absolute atomic E-state index is 11.1. The Hall–Kier alpha value is -1.55. The van der Waals surface area contributed by atoms with Crippen LogP contribution in [0.5, 0.6) is 0 Å². The van der Waals surface area contributed by atoms with Crippen molar-refractivity contribution in [1.82, 2.24) is 10.2 Å². The number of nitrogens with zero attached hydrogens (tertiary/aromatic N) is 1. The zero-order valence-corrected chi connectivity index (χ0v) is 9.45. The highest BCUT2D eigenvalue weighted by Crippen LogP contribution is 2.27. The quantitative estimate of drug-likeness (QED) is 0.864. The monoisotopic (exact) mass is 238 g/mol. The van der Waals surface area contributed by atoms with Gasteiger partial charge in [0.25, 0.3) is 0 Å². The zero-order valence-electron chi connectivity index (χ0n) is 8.70. The fraction of sp³-hybridized carbons (Fsp3) is 0.273. The highest BCUT2D eigenvalue weighted by molar-refractivity contribution is 6.31. The van der Waals surface area contributed by atoms with Gasteiger partial charge < -0.3 is 5.11 Å². The van der Waals surface area contributed by atoms with E-state index in [2.05, 4.69) is 10.2 Å². The van der Waals surface area contributed by atoms with Gasteiger partial charge in [-0.1, -0.05) is 18.5 Å². The summed E-state index contributed by atoms with van der Waals surface area (Å²) in [4.78, 5) is 11.1. The van der Waals surface area contributed by atoms with Crippen molar-refractivity contribution in [3.63, 3.8) is 0 Å². The van der Waals surface area contributed by atoms with Gasteiger partial charge in [-0.05, 0) is 24.6 Å². The van der Waals surface area contributed by atoms with Crippen molar-refractivity contribution in [3.05, 3.63) is 28.9 Å². The number of halogens is 1. The summed E-state index contributed by atoms with van der Waals surface area (Å²) in [6, 6.07) is 5.24. The van der Waals surface area contributed by atoms with E-state index in [1.165, 1.54) is 0 Å². The Morgan fingerprint density at radius 2 is 2.38 bits per heavy atom. The van der Waals surface area contributed by atoms with E-state index < -0.39 is 11.9 Å². The third-order valence-electron chi connectivity index (χ3n) is 2.60. The second-order valence-electron chi connectivity index (χ2n) is 3.60. The van der Waals surface area contributed by atoms with E-state index in [0.717, 1.165) is 10.9 Å². The predicted molar refractivity (Wildman–Crippen MR) is 61.8 cm³/mol. The summed E-state index contributed by atoms with van der Waals surface area (Å²) in [5.41, 5.74) is 1.35. The van der Waals surface area contributed by atoms with Crippen LogP contribution in [0, 0.1) is 0 Å². The molecule has 0 amide bonds. The summed E-state index contributed by atoms with van der Waals surface area (Å²) in [6.45, 7) is 1.83. The van der Waals surface area contributed by atoms with E-state index in [1.807, 2.05) is 6.92 Å². The lowest BCUT2D eigenvalue weighted by atomic mass is 9.99. The van der Waals surface area contributed by atoms with Gasteiger partial charge in [0.05, 0.1) is 17.1 Å². The van der Waals surface area contributed by atoms with Crippen LogP contribution in [0.25, 0.3) is 10.9 Å². The van der Waals surface area contributed by atoms with Crippen molar-refractivity contribution in [1.29, 1.82) is 0 Å². The minimum absolute atomic E-state index is 0.513. The molecule has 1 heterocycles. The molecule has 0 spiro atoms. The largest absolute Gasteiger partial charge is 0.481 e. The predicted octanol–water partition coefficient (Wildman–Crippen LogP) is 2.79. The molecule has 2 rings (SSSR count). The molecule has 1 unspecified atom stereocenters. The second-order valence-corrected chi connectivity index (χ2v) is 4.03. The van der Waals surface area contributed by atoms with Crippen LogP contribution in [-0.4, -0.2) is 21.3 Å². The van der Waals surface area contributed by atoms with Gasteiger partial charge in [-0.15, -0.1) is 0 Å². The van der Waals surface area contributed by atoms with Crippen molar-refractivity contribution in [2.45, 2.75) is 19.3 Å². The van der Waals surface area contributed by atoms with E-state index in [4.69, 9.17) is 16.7 Å².